The van der Waals surface area contributed by atoms with Crippen LogP contribution in [0.25, 0.3) is 0 Å². The lowest BCUT2D eigenvalue weighted by Crippen LogP contribution is -1.92. The van der Waals surface area contributed by atoms with Crippen molar-refractivity contribution < 1.29 is 19.0 Å². The first-order chi connectivity index (χ1) is 7.75. The van der Waals surface area contributed by atoms with E-state index >= 15 is 0 Å². The summed E-state index contributed by atoms with van der Waals surface area (Å²) in [5.41, 5.74) is 1.08. The van der Waals surface area contributed by atoms with Crippen LogP contribution < -0.4 is 9.47 Å². The summed E-state index contributed by atoms with van der Waals surface area (Å²) in [7, 11) is 0. The Hall–Kier alpha value is -1.97. The van der Waals surface area contributed by atoms with Crippen molar-refractivity contribution in [2.75, 3.05) is 6.79 Å². The molecular formula is C12H12O4. The molecule has 0 saturated carbocycles. The number of allylic oxidation sites excluding steroid dienone is 1. The molecule has 0 fully saturated rings. The van der Waals surface area contributed by atoms with Gasteiger partial charge in [-0.25, -0.2) is 0 Å². The maximum atomic E-state index is 10.5. The van der Waals surface area contributed by atoms with Crippen molar-refractivity contribution in [2.24, 2.45) is 0 Å². The molecule has 4 heteroatoms. The number of esters is 1. The van der Waals surface area contributed by atoms with Crippen LogP contribution in [-0.2, 0) is 16.0 Å². The van der Waals surface area contributed by atoms with E-state index in [2.05, 4.69) is 4.74 Å². The number of benzene rings is 1. The Morgan fingerprint density at radius 1 is 1.44 bits per heavy atom. The van der Waals surface area contributed by atoms with Gasteiger partial charge in [-0.3, -0.25) is 4.79 Å². The maximum Gasteiger partial charge on any atom is 0.307 e. The standard InChI is InChI=1S/C12H12O4/c1-9(13)14-6-2-3-10-4-5-11-12(7-10)16-8-15-11/h2,4-7H,3,8H2,1H3/b6-2-. The fraction of sp³-hybridized carbons (Fsp3) is 0.250. The normalized spacial score (nSPS) is 13.1. The number of hydrogen-bond donors (Lipinski definition) is 0. The van der Waals surface area contributed by atoms with Crippen LogP contribution in [0.15, 0.2) is 30.5 Å². The van der Waals surface area contributed by atoms with Crippen LogP contribution in [-0.4, -0.2) is 12.8 Å². The monoisotopic (exact) mass is 220 g/mol. The third-order valence-corrected chi connectivity index (χ3v) is 2.12. The highest BCUT2D eigenvalue weighted by molar-refractivity contribution is 5.66. The van der Waals surface area contributed by atoms with Crippen LogP contribution in [0.5, 0.6) is 11.5 Å². The number of rotatable bonds is 3. The summed E-state index contributed by atoms with van der Waals surface area (Å²) in [6, 6.07) is 5.74. The maximum absolute atomic E-state index is 10.5. The summed E-state index contributed by atoms with van der Waals surface area (Å²) in [4.78, 5) is 10.5. The van der Waals surface area contributed by atoms with Gasteiger partial charge in [-0.2, -0.15) is 0 Å². The highest BCUT2D eigenvalue weighted by Gasteiger charge is 2.12. The molecule has 4 nitrogen and oxygen atoms in total. The molecule has 0 atom stereocenters. The molecule has 84 valence electrons. The van der Waals surface area contributed by atoms with Gasteiger partial charge in [-0.15, -0.1) is 0 Å². The quantitative estimate of drug-likeness (QED) is 0.577. The number of carbonyl (C=O) groups excluding carboxylic acids is 1. The molecule has 16 heavy (non-hydrogen) atoms. The number of ether oxygens (including phenoxy) is 3. The average Bonchev–Trinajstić information content (AvgIpc) is 2.71. The third-order valence-electron chi connectivity index (χ3n) is 2.12. The first kappa shape index (κ1) is 10.5. The van der Waals surface area contributed by atoms with Gasteiger partial charge >= 0.3 is 5.97 Å². The molecule has 0 saturated heterocycles. The predicted molar refractivity (Wildman–Crippen MR) is 57.2 cm³/mol. The SMILES string of the molecule is CC(=O)O/C=C\Cc1ccc2c(c1)OCO2. The molecule has 0 N–H and O–H groups in total. The van der Waals surface area contributed by atoms with Gasteiger partial charge in [0.2, 0.25) is 6.79 Å². The second-order valence-corrected chi connectivity index (χ2v) is 3.37. The third kappa shape index (κ3) is 2.53. The highest BCUT2D eigenvalue weighted by atomic mass is 16.7. The minimum atomic E-state index is -0.318. The Morgan fingerprint density at radius 3 is 3.06 bits per heavy atom. The van der Waals surface area contributed by atoms with E-state index in [1.165, 1.54) is 13.2 Å². The van der Waals surface area contributed by atoms with Crippen LogP contribution in [0.3, 0.4) is 0 Å². The number of carbonyl (C=O) groups is 1. The molecule has 0 amide bonds. The minimum absolute atomic E-state index is 0.280. The first-order valence-corrected chi connectivity index (χ1v) is 4.96. The Bertz CT molecular complexity index is 423. The lowest BCUT2D eigenvalue weighted by molar-refractivity contribution is -0.135. The van der Waals surface area contributed by atoms with Gasteiger partial charge in [-0.05, 0) is 30.2 Å². The fourth-order valence-electron chi connectivity index (χ4n) is 1.40. The van der Waals surface area contributed by atoms with Crippen molar-refractivity contribution in [3.05, 3.63) is 36.1 Å². The summed E-state index contributed by atoms with van der Waals surface area (Å²) in [5.74, 6) is 1.22. The van der Waals surface area contributed by atoms with E-state index < -0.39 is 0 Å². The Labute approximate surface area is 93.4 Å². The van der Waals surface area contributed by atoms with E-state index in [1.54, 1.807) is 6.08 Å². The summed E-state index contributed by atoms with van der Waals surface area (Å²) < 4.78 is 15.1. The molecule has 0 radical (unpaired) electrons. The fourth-order valence-corrected chi connectivity index (χ4v) is 1.40. The molecule has 0 aromatic heterocycles. The van der Waals surface area contributed by atoms with Crippen molar-refractivity contribution in [1.82, 2.24) is 0 Å². The average molecular weight is 220 g/mol. The summed E-state index contributed by atoms with van der Waals surface area (Å²) >= 11 is 0. The molecule has 1 aliphatic heterocycles. The molecular weight excluding hydrogens is 208 g/mol. The van der Waals surface area contributed by atoms with Crippen molar-refractivity contribution in [3.8, 4) is 11.5 Å². The summed E-state index contributed by atoms with van der Waals surface area (Å²) in [6.45, 7) is 1.65. The van der Waals surface area contributed by atoms with E-state index in [9.17, 15) is 4.79 Å². The molecule has 1 aliphatic rings. The van der Waals surface area contributed by atoms with Gasteiger partial charge < -0.3 is 14.2 Å². The molecule has 0 spiro atoms. The molecule has 1 aromatic carbocycles. The Morgan fingerprint density at radius 2 is 2.25 bits per heavy atom. The second-order valence-electron chi connectivity index (χ2n) is 3.37. The topological polar surface area (TPSA) is 44.8 Å². The van der Waals surface area contributed by atoms with Crippen molar-refractivity contribution in [3.63, 3.8) is 0 Å². The van der Waals surface area contributed by atoms with Crippen LogP contribution in [0.2, 0.25) is 0 Å². The largest absolute Gasteiger partial charge is 0.454 e. The van der Waals surface area contributed by atoms with Gasteiger partial charge in [0.15, 0.2) is 11.5 Å². The van der Waals surface area contributed by atoms with Crippen molar-refractivity contribution >= 4 is 5.97 Å². The van der Waals surface area contributed by atoms with Crippen LogP contribution in [0, 0.1) is 0 Å². The van der Waals surface area contributed by atoms with Gasteiger partial charge in [0.05, 0.1) is 6.26 Å². The summed E-state index contributed by atoms with van der Waals surface area (Å²) in [5, 5.41) is 0. The van der Waals surface area contributed by atoms with E-state index in [1.807, 2.05) is 18.2 Å². The van der Waals surface area contributed by atoms with E-state index in [0.717, 1.165) is 17.1 Å². The van der Waals surface area contributed by atoms with Crippen LogP contribution in [0.1, 0.15) is 12.5 Å². The minimum Gasteiger partial charge on any atom is -0.454 e. The van der Waals surface area contributed by atoms with E-state index in [4.69, 9.17) is 9.47 Å². The lowest BCUT2D eigenvalue weighted by atomic mass is 10.1. The summed E-state index contributed by atoms with van der Waals surface area (Å²) in [6.07, 6.45) is 3.86. The molecule has 2 rings (SSSR count). The molecule has 0 bridgehead atoms. The van der Waals surface area contributed by atoms with Gasteiger partial charge in [0.1, 0.15) is 0 Å². The predicted octanol–water partition coefficient (Wildman–Crippen LogP) is 2.03. The Balaban J connectivity index is 1.95. The van der Waals surface area contributed by atoms with Gasteiger partial charge in [0, 0.05) is 6.92 Å². The van der Waals surface area contributed by atoms with Crippen molar-refractivity contribution in [1.29, 1.82) is 0 Å². The highest BCUT2D eigenvalue weighted by Crippen LogP contribution is 2.32. The molecule has 0 unspecified atom stereocenters. The number of fused-ring (bicyclic) bond motifs is 1. The lowest BCUT2D eigenvalue weighted by Gasteiger charge is -1.99. The van der Waals surface area contributed by atoms with Crippen molar-refractivity contribution in [2.45, 2.75) is 13.3 Å². The number of hydrogen-bond acceptors (Lipinski definition) is 4. The Kier molecular flexibility index (Phi) is 3.10. The van der Waals surface area contributed by atoms with Crippen LogP contribution >= 0.6 is 0 Å². The van der Waals surface area contributed by atoms with E-state index in [-0.39, 0.29) is 12.8 Å². The molecule has 1 aromatic rings. The smallest absolute Gasteiger partial charge is 0.307 e. The zero-order valence-electron chi connectivity index (χ0n) is 8.93. The first-order valence-electron chi connectivity index (χ1n) is 4.96. The van der Waals surface area contributed by atoms with Crippen LogP contribution in [0.4, 0.5) is 0 Å². The molecule has 1 heterocycles. The molecule has 0 aliphatic carbocycles. The van der Waals surface area contributed by atoms with E-state index in [0.29, 0.717) is 6.42 Å². The second kappa shape index (κ2) is 4.70. The van der Waals surface area contributed by atoms with Gasteiger partial charge in [0.25, 0.3) is 0 Å². The zero-order chi connectivity index (χ0) is 11.4. The zero-order valence-corrected chi connectivity index (χ0v) is 8.93. The van der Waals surface area contributed by atoms with Gasteiger partial charge in [-0.1, -0.05) is 6.07 Å².